The quantitative estimate of drug-likeness (QED) is 0.0512. The van der Waals surface area contributed by atoms with Gasteiger partial charge in [0.05, 0.1) is 38.4 Å². The van der Waals surface area contributed by atoms with Crippen LogP contribution in [-0.2, 0) is 11.4 Å². The van der Waals surface area contributed by atoms with Crippen LogP contribution in [-0.4, -0.2) is 21.9 Å². The Balaban J connectivity index is 0.887. The highest BCUT2D eigenvalue weighted by atomic mass is 35.5. The number of azo groups is 2. The maximum absolute atomic E-state index is 13.7. The van der Waals surface area contributed by atoms with Gasteiger partial charge in [-0.3, -0.25) is 19.9 Å². The number of carbonyl (C=O) groups excluding carboxylic acids is 2. The van der Waals surface area contributed by atoms with Gasteiger partial charge in [0.2, 0.25) is 0 Å². The van der Waals surface area contributed by atoms with Gasteiger partial charge in [-0.2, -0.15) is 10.2 Å². The van der Waals surface area contributed by atoms with E-state index in [0.29, 0.717) is 65.9 Å². The molecule has 13 heteroatoms. The number of carbonyl (C=O) groups is 2. The van der Waals surface area contributed by atoms with Crippen LogP contribution in [0, 0.1) is 0 Å². The number of phenolic OH excluding ortho intramolecular Hbond substituents is 2. The zero-order valence-corrected chi connectivity index (χ0v) is 36.2. The first-order valence-corrected chi connectivity index (χ1v) is 21.3. The third kappa shape index (κ3) is 9.35. The van der Waals surface area contributed by atoms with Gasteiger partial charge in [-0.15, -0.1) is 10.2 Å². The summed E-state index contributed by atoms with van der Waals surface area (Å²) in [5.74, 6) is -1.19. The molecule has 0 unspecified atom stereocenters. The van der Waals surface area contributed by atoms with Crippen molar-refractivity contribution in [1.29, 1.82) is 0 Å². The van der Waals surface area contributed by atoms with Crippen molar-refractivity contribution in [3.63, 3.8) is 0 Å². The number of hydrogen-bond donors (Lipinski definition) is 4. The molecule has 0 aliphatic rings. The van der Waals surface area contributed by atoms with Crippen LogP contribution < -0.4 is 10.8 Å². The van der Waals surface area contributed by atoms with E-state index in [1.54, 1.807) is 91.0 Å². The number of fused-ring (bicyclic) bond motifs is 2. The summed E-state index contributed by atoms with van der Waals surface area (Å²) >= 11 is 12.5. The molecular formula is C53H36Cl2N6O5. The molecule has 1 amide bonds. The summed E-state index contributed by atoms with van der Waals surface area (Å²) in [6.45, 7) is 0.0397. The monoisotopic (exact) mass is 906 g/mol. The summed E-state index contributed by atoms with van der Waals surface area (Å²) in [4.78, 5) is 32.7. The SMILES string of the molecule is O=C(c1ccc(-c2ccc(N=Nc3c(O)c(CONc4ccccc4Cl)cc4ccccc34)cc2)cc1)c1cccc(N=Nc2c(O)c(C(=O)Nc3ccccc3Cl)cc3ccccc23)c1. The molecule has 0 saturated heterocycles. The summed E-state index contributed by atoms with van der Waals surface area (Å²) in [6.07, 6.45) is 0. The molecule has 0 aliphatic carbocycles. The van der Waals surface area contributed by atoms with Crippen molar-refractivity contribution >= 4 is 90.6 Å². The number of aromatic hydroxyl groups is 2. The first-order valence-electron chi connectivity index (χ1n) is 20.6. The van der Waals surface area contributed by atoms with Gasteiger partial charge in [-0.05, 0) is 82.6 Å². The van der Waals surface area contributed by atoms with Crippen LogP contribution in [0.4, 0.5) is 34.1 Å². The molecule has 0 spiro atoms. The van der Waals surface area contributed by atoms with Crippen LogP contribution in [0.2, 0.25) is 10.0 Å². The van der Waals surface area contributed by atoms with E-state index in [9.17, 15) is 19.8 Å². The number of para-hydroxylation sites is 2. The van der Waals surface area contributed by atoms with Crippen molar-refractivity contribution in [2.24, 2.45) is 20.5 Å². The average molecular weight is 908 g/mol. The van der Waals surface area contributed by atoms with E-state index in [1.807, 2.05) is 91.0 Å². The highest BCUT2D eigenvalue weighted by molar-refractivity contribution is 6.34. The van der Waals surface area contributed by atoms with Gasteiger partial charge < -0.3 is 15.5 Å². The molecule has 66 heavy (non-hydrogen) atoms. The molecule has 9 rings (SSSR count). The van der Waals surface area contributed by atoms with Gasteiger partial charge in [0, 0.05) is 27.5 Å². The zero-order valence-electron chi connectivity index (χ0n) is 34.7. The molecule has 0 heterocycles. The second-order valence-corrected chi connectivity index (χ2v) is 15.8. The van der Waals surface area contributed by atoms with Gasteiger partial charge in [-0.1, -0.05) is 145 Å². The van der Waals surface area contributed by atoms with Crippen molar-refractivity contribution in [2.45, 2.75) is 6.61 Å². The van der Waals surface area contributed by atoms with Gasteiger partial charge in [0.1, 0.15) is 23.7 Å². The maximum atomic E-state index is 13.7. The van der Waals surface area contributed by atoms with E-state index in [-0.39, 0.29) is 35.1 Å². The predicted molar refractivity (Wildman–Crippen MR) is 261 cm³/mol. The number of anilines is 2. The molecular weight excluding hydrogens is 872 g/mol. The van der Waals surface area contributed by atoms with Crippen LogP contribution in [0.5, 0.6) is 11.5 Å². The Morgan fingerprint density at radius 3 is 1.74 bits per heavy atom. The molecule has 11 nitrogen and oxygen atoms in total. The molecule has 0 fully saturated rings. The first-order chi connectivity index (χ1) is 32.2. The topological polar surface area (TPSA) is 157 Å². The van der Waals surface area contributed by atoms with Crippen molar-refractivity contribution in [3.8, 4) is 22.6 Å². The van der Waals surface area contributed by atoms with Gasteiger partial charge >= 0.3 is 0 Å². The van der Waals surface area contributed by atoms with Crippen molar-refractivity contribution < 1.29 is 24.6 Å². The largest absolute Gasteiger partial charge is 0.505 e. The Hall–Kier alpha value is -8.22. The summed E-state index contributed by atoms with van der Waals surface area (Å²) in [6, 6.07) is 53.7. The predicted octanol–water partition coefficient (Wildman–Crippen LogP) is 15.2. The highest BCUT2D eigenvalue weighted by Gasteiger charge is 2.20. The minimum Gasteiger partial charge on any atom is -0.505 e. The van der Waals surface area contributed by atoms with E-state index < -0.39 is 5.91 Å². The molecule has 0 aromatic heterocycles. The summed E-state index contributed by atoms with van der Waals surface area (Å²) < 4.78 is 0. The van der Waals surface area contributed by atoms with Crippen LogP contribution in [0.25, 0.3) is 32.7 Å². The minimum absolute atomic E-state index is 0.00423. The number of nitrogens with one attached hydrogen (secondary N) is 2. The fraction of sp³-hybridized carbons (Fsp3) is 0.0189. The summed E-state index contributed by atoms with van der Waals surface area (Å²) in [5, 5.41) is 46.8. The van der Waals surface area contributed by atoms with Crippen molar-refractivity contribution in [1.82, 2.24) is 0 Å². The molecule has 0 bridgehead atoms. The second kappa shape index (κ2) is 19.3. The molecule has 0 radical (unpaired) electrons. The number of ketones is 1. The lowest BCUT2D eigenvalue weighted by Gasteiger charge is -2.12. The van der Waals surface area contributed by atoms with E-state index in [0.717, 1.165) is 21.9 Å². The molecule has 9 aromatic carbocycles. The molecule has 4 N–H and O–H groups in total. The summed E-state index contributed by atoms with van der Waals surface area (Å²) in [5.41, 5.74) is 8.35. The fourth-order valence-corrected chi connectivity index (χ4v) is 7.65. The maximum Gasteiger partial charge on any atom is 0.259 e. The molecule has 0 aliphatic heterocycles. The van der Waals surface area contributed by atoms with Crippen LogP contribution in [0.1, 0.15) is 31.8 Å². The van der Waals surface area contributed by atoms with Crippen molar-refractivity contribution in [3.05, 3.63) is 214 Å². The Labute approximate surface area is 388 Å². The standard InChI is InChI=1S/C53H36Cl2N6O5/c54-44-16-5-7-18-46(44)56-53(65)43-30-36-11-2-4-15-42(36)49(52(43)64)60-58-40-13-9-12-37(29-40)50(62)34-22-20-32(21-23-34)33-24-26-39(27-25-33)57-59-48-41-14-3-1-10-35(41)28-38(51(48)63)31-66-61-47-19-8-6-17-45(47)55/h1-30,61,63-64H,31H2,(H,56,65). The third-order valence-corrected chi connectivity index (χ3v) is 11.4. The first kappa shape index (κ1) is 43.1. The molecule has 9 aromatic rings. The van der Waals surface area contributed by atoms with Crippen LogP contribution in [0.3, 0.4) is 0 Å². The van der Waals surface area contributed by atoms with Crippen LogP contribution in [0.15, 0.2) is 202 Å². The lowest BCUT2D eigenvalue weighted by Crippen LogP contribution is -2.12. The van der Waals surface area contributed by atoms with E-state index in [1.165, 1.54) is 0 Å². The number of rotatable bonds is 13. The Morgan fingerprint density at radius 1 is 0.515 bits per heavy atom. The number of benzene rings is 9. The number of phenols is 2. The average Bonchev–Trinajstić information content (AvgIpc) is 3.35. The Morgan fingerprint density at radius 2 is 1.08 bits per heavy atom. The lowest BCUT2D eigenvalue weighted by atomic mass is 9.99. The minimum atomic E-state index is -0.568. The number of hydrogen-bond acceptors (Lipinski definition) is 10. The van der Waals surface area contributed by atoms with Gasteiger partial charge in [0.15, 0.2) is 11.5 Å². The fourth-order valence-electron chi connectivity index (χ4n) is 7.29. The third-order valence-electron chi connectivity index (χ3n) is 10.7. The number of halogens is 2. The number of amides is 1. The van der Waals surface area contributed by atoms with Crippen molar-refractivity contribution in [2.75, 3.05) is 10.8 Å². The van der Waals surface area contributed by atoms with Gasteiger partial charge in [0.25, 0.3) is 5.91 Å². The number of nitrogens with zero attached hydrogens (tertiary/aromatic N) is 4. The van der Waals surface area contributed by atoms with E-state index in [4.69, 9.17) is 28.0 Å². The normalized spacial score (nSPS) is 11.4. The molecule has 0 saturated carbocycles. The van der Waals surface area contributed by atoms with E-state index in [2.05, 4.69) is 31.3 Å². The lowest BCUT2D eigenvalue weighted by molar-refractivity contribution is 0.102. The molecule has 322 valence electrons. The van der Waals surface area contributed by atoms with Crippen LogP contribution >= 0.6 is 23.2 Å². The zero-order chi connectivity index (χ0) is 45.6. The van der Waals surface area contributed by atoms with E-state index >= 15 is 0 Å². The molecule has 0 atom stereocenters. The van der Waals surface area contributed by atoms with Gasteiger partial charge in [-0.25, -0.2) is 0 Å². The highest BCUT2D eigenvalue weighted by Crippen LogP contribution is 2.42. The second-order valence-electron chi connectivity index (χ2n) is 15.0. The Kier molecular flexibility index (Phi) is 12.6. The Bertz CT molecular complexity index is 3360. The summed E-state index contributed by atoms with van der Waals surface area (Å²) in [7, 11) is 0. The smallest absolute Gasteiger partial charge is 0.259 e.